The molecule has 1 fully saturated rings. The van der Waals surface area contributed by atoms with E-state index in [1.54, 1.807) is 13.2 Å². The van der Waals surface area contributed by atoms with Gasteiger partial charge < -0.3 is 24.5 Å². The molecule has 0 radical (unpaired) electrons. The van der Waals surface area contributed by atoms with Crippen LogP contribution in [0.15, 0.2) is 34.7 Å². The fourth-order valence-corrected chi connectivity index (χ4v) is 3.09. The summed E-state index contributed by atoms with van der Waals surface area (Å²) in [4.78, 5) is 2.00. The van der Waals surface area contributed by atoms with Crippen LogP contribution in [0.2, 0.25) is 0 Å². The predicted molar refractivity (Wildman–Crippen MR) is 93.8 cm³/mol. The van der Waals surface area contributed by atoms with Crippen molar-refractivity contribution in [2.24, 2.45) is 0 Å². The van der Waals surface area contributed by atoms with E-state index in [0.717, 1.165) is 17.1 Å². The molecule has 0 bridgehead atoms. The maximum absolute atomic E-state index is 14.4. The summed E-state index contributed by atoms with van der Waals surface area (Å²) in [5, 5.41) is 12.8. The highest BCUT2D eigenvalue weighted by atomic mass is 19.1. The summed E-state index contributed by atoms with van der Waals surface area (Å²) in [6, 6.07) is 9.15. The fraction of sp³-hybridized carbons (Fsp3) is 0.474. The third-order valence-corrected chi connectivity index (χ3v) is 4.45. The molecular weight excluding hydrogens is 323 g/mol. The van der Waals surface area contributed by atoms with E-state index in [2.05, 4.69) is 5.32 Å². The van der Waals surface area contributed by atoms with E-state index in [9.17, 15) is 9.50 Å². The predicted octanol–water partition coefficient (Wildman–Crippen LogP) is 2.82. The molecule has 2 N–H and O–H groups in total. The van der Waals surface area contributed by atoms with Crippen LogP contribution in [0.1, 0.15) is 29.9 Å². The molecule has 0 aliphatic carbocycles. The quantitative estimate of drug-likeness (QED) is 0.806. The van der Waals surface area contributed by atoms with Gasteiger partial charge in [-0.25, -0.2) is 4.39 Å². The molecule has 2 aromatic rings. The molecule has 1 aromatic heterocycles. The molecule has 0 atom stereocenters. The summed E-state index contributed by atoms with van der Waals surface area (Å²) < 4.78 is 25.0. The number of benzene rings is 1. The van der Waals surface area contributed by atoms with E-state index >= 15 is 0 Å². The summed E-state index contributed by atoms with van der Waals surface area (Å²) in [6.07, 6.45) is 1.13. The van der Waals surface area contributed by atoms with E-state index < -0.39 is 0 Å². The average molecular weight is 348 g/mol. The van der Waals surface area contributed by atoms with Crippen molar-refractivity contribution in [3.63, 3.8) is 0 Å². The second-order valence-corrected chi connectivity index (χ2v) is 6.41. The largest absolute Gasteiger partial charge is 0.462 e. The van der Waals surface area contributed by atoms with Gasteiger partial charge in [0.15, 0.2) is 0 Å². The van der Waals surface area contributed by atoms with Crippen LogP contribution in [-0.4, -0.2) is 31.4 Å². The first kappa shape index (κ1) is 17.9. The Hall–Kier alpha value is -1.89. The second kappa shape index (κ2) is 8.47. The van der Waals surface area contributed by atoms with Crippen LogP contribution in [0.5, 0.6) is 0 Å². The Morgan fingerprint density at radius 1 is 1.20 bits per heavy atom. The van der Waals surface area contributed by atoms with Gasteiger partial charge >= 0.3 is 0 Å². The van der Waals surface area contributed by atoms with Gasteiger partial charge in [-0.15, -0.1) is 0 Å². The minimum absolute atomic E-state index is 0.212. The molecule has 1 aromatic carbocycles. The highest BCUT2D eigenvalue weighted by Crippen LogP contribution is 2.24. The minimum atomic E-state index is -0.256. The third-order valence-electron chi connectivity index (χ3n) is 4.45. The van der Waals surface area contributed by atoms with Gasteiger partial charge in [-0.2, -0.15) is 0 Å². The fourth-order valence-electron chi connectivity index (χ4n) is 3.09. The molecule has 0 unspecified atom stereocenters. The van der Waals surface area contributed by atoms with Crippen molar-refractivity contribution in [3.8, 4) is 0 Å². The molecule has 2 heterocycles. The number of aliphatic hydroxyl groups excluding tert-OH is 1. The van der Waals surface area contributed by atoms with Crippen LogP contribution in [0.3, 0.4) is 0 Å². The lowest BCUT2D eigenvalue weighted by Gasteiger charge is -2.31. The van der Waals surface area contributed by atoms with Gasteiger partial charge in [0.1, 0.15) is 23.9 Å². The van der Waals surface area contributed by atoms with Crippen LogP contribution < -0.4 is 10.2 Å². The number of piperidine rings is 1. The van der Waals surface area contributed by atoms with Gasteiger partial charge in [-0.1, -0.05) is 6.07 Å². The topological polar surface area (TPSA) is 57.9 Å². The summed E-state index contributed by atoms with van der Waals surface area (Å²) in [5.41, 5.74) is 1.51. The lowest BCUT2D eigenvalue weighted by atomic mass is 10.1. The number of rotatable bonds is 7. The first-order valence-electron chi connectivity index (χ1n) is 8.64. The first-order chi connectivity index (χ1) is 12.2. The van der Waals surface area contributed by atoms with Crippen LogP contribution in [0.25, 0.3) is 0 Å². The highest BCUT2D eigenvalue weighted by Gasteiger charge is 2.19. The van der Waals surface area contributed by atoms with Crippen molar-refractivity contribution in [1.82, 2.24) is 5.32 Å². The lowest BCUT2D eigenvalue weighted by molar-refractivity contribution is 0.145. The van der Waals surface area contributed by atoms with Gasteiger partial charge in [0.05, 0.1) is 18.3 Å². The number of nitrogens with zero attached hydrogens (tertiary/aromatic N) is 1. The molecule has 25 heavy (non-hydrogen) atoms. The Bertz CT molecular complexity index is 681. The average Bonchev–Trinajstić information content (AvgIpc) is 3.04. The molecule has 1 aliphatic heterocycles. The SMILES string of the molecule is COCc1ccc(CNCc2ccc(N3CCC(O)CC3)c(F)c2)o1. The summed E-state index contributed by atoms with van der Waals surface area (Å²) >= 11 is 0. The molecule has 1 saturated heterocycles. The number of hydrogen-bond donors (Lipinski definition) is 2. The highest BCUT2D eigenvalue weighted by molar-refractivity contribution is 5.49. The number of hydrogen-bond acceptors (Lipinski definition) is 5. The third kappa shape index (κ3) is 4.81. The minimum Gasteiger partial charge on any atom is -0.462 e. The normalized spacial score (nSPS) is 15.7. The van der Waals surface area contributed by atoms with Crippen molar-refractivity contribution < 1.29 is 18.7 Å². The van der Waals surface area contributed by atoms with Crippen molar-refractivity contribution in [2.75, 3.05) is 25.1 Å². The molecule has 0 amide bonds. The Balaban J connectivity index is 1.52. The summed E-state index contributed by atoms with van der Waals surface area (Å²) in [6.45, 7) is 2.99. The zero-order chi connectivity index (χ0) is 17.6. The first-order valence-corrected chi connectivity index (χ1v) is 8.64. The standard InChI is InChI=1S/C19H25FN2O3/c1-24-13-17-4-3-16(25-17)12-21-11-14-2-5-19(18(20)10-14)22-8-6-15(23)7-9-22/h2-5,10,15,21,23H,6-9,11-13H2,1H3. The number of aliphatic hydroxyl groups is 1. The molecule has 0 saturated carbocycles. The van der Waals surface area contributed by atoms with Crippen LogP contribution >= 0.6 is 0 Å². The zero-order valence-corrected chi connectivity index (χ0v) is 14.5. The Labute approximate surface area is 147 Å². The van der Waals surface area contributed by atoms with Crippen molar-refractivity contribution in [1.29, 1.82) is 0 Å². The molecule has 6 heteroatoms. The zero-order valence-electron chi connectivity index (χ0n) is 14.5. The van der Waals surface area contributed by atoms with Crippen LogP contribution in [0, 0.1) is 5.82 Å². The van der Waals surface area contributed by atoms with E-state index in [-0.39, 0.29) is 11.9 Å². The van der Waals surface area contributed by atoms with Crippen molar-refractivity contribution in [3.05, 3.63) is 53.2 Å². The summed E-state index contributed by atoms with van der Waals surface area (Å²) in [5.74, 6) is 1.41. The Morgan fingerprint density at radius 2 is 1.96 bits per heavy atom. The van der Waals surface area contributed by atoms with E-state index in [0.29, 0.717) is 51.3 Å². The molecule has 5 nitrogen and oxygen atoms in total. The van der Waals surface area contributed by atoms with Crippen molar-refractivity contribution in [2.45, 2.75) is 38.6 Å². The number of halogens is 1. The number of methoxy groups -OCH3 is 1. The molecule has 3 rings (SSSR count). The van der Waals surface area contributed by atoms with Crippen LogP contribution in [0.4, 0.5) is 10.1 Å². The number of nitrogens with one attached hydrogen (secondary N) is 1. The van der Waals surface area contributed by atoms with Crippen LogP contribution in [-0.2, 0) is 24.4 Å². The monoisotopic (exact) mass is 348 g/mol. The molecule has 0 spiro atoms. The van der Waals surface area contributed by atoms with E-state index in [1.807, 2.05) is 29.2 Å². The number of ether oxygens (including phenoxy) is 1. The number of furan rings is 1. The van der Waals surface area contributed by atoms with Gasteiger partial charge in [-0.05, 0) is 42.7 Å². The second-order valence-electron chi connectivity index (χ2n) is 6.41. The van der Waals surface area contributed by atoms with E-state index in [1.165, 1.54) is 0 Å². The van der Waals surface area contributed by atoms with E-state index in [4.69, 9.17) is 9.15 Å². The molecule has 1 aliphatic rings. The molecular formula is C19H25FN2O3. The molecule has 136 valence electrons. The maximum Gasteiger partial charge on any atom is 0.146 e. The van der Waals surface area contributed by atoms with Gasteiger partial charge in [0, 0.05) is 26.7 Å². The van der Waals surface area contributed by atoms with Gasteiger partial charge in [0.2, 0.25) is 0 Å². The lowest BCUT2D eigenvalue weighted by Crippen LogP contribution is -2.36. The summed E-state index contributed by atoms with van der Waals surface area (Å²) in [7, 11) is 1.63. The smallest absolute Gasteiger partial charge is 0.146 e. The Kier molecular flexibility index (Phi) is 6.07. The van der Waals surface area contributed by atoms with Crippen molar-refractivity contribution >= 4 is 5.69 Å². The number of anilines is 1. The Morgan fingerprint density at radius 3 is 2.68 bits per heavy atom. The van der Waals surface area contributed by atoms with Gasteiger partial charge in [-0.3, -0.25) is 0 Å². The van der Waals surface area contributed by atoms with Gasteiger partial charge in [0.25, 0.3) is 0 Å². The maximum atomic E-state index is 14.4.